The zero-order chi connectivity index (χ0) is 17.0. The van der Waals surface area contributed by atoms with Crippen molar-refractivity contribution in [1.29, 1.82) is 0 Å². The number of nitrogens with zero attached hydrogens (tertiary/aromatic N) is 1. The van der Waals surface area contributed by atoms with E-state index in [1.165, 1.54) is 13.2 Å². The van der Waals surface area contributed by atoms with Crippen molar-refractivity contribution in [3.05, 3.63) is 35.4 Å². The number of hydrogen-bond acceptors (Lipinski definition) is 4. The molecule has 23 heavy (non-hydrogen) atoms. The topological polar surface area (TPSA) is 58.6 Å². The summed E-state index contributed by atoms with van der Waals surface area (Å²) in [4.78, 5) is 25.0. The molecule has 1 heterocycles. The zero-order valence-corrected chi connectivity index (χ0v) is 12.5. The summed E-state index contributed by atoms with van der Waals surface area (Å²) in [6.45, 7) is 0.984. The Morgan fingerprint density at radius 3 is 2.83 bits per heavy atom. The number of benzene rings is 1. The molecule has 8 heteroatoms. The fourth-order valence-electron chi connectivity index (χ4n) is 2.49. The maximum Gasteiger partial charge on any atom is 0.416 e. The van der Waals surface area contributed by atoms with Crippen LogP contribution in [-0.2, 0) is 27.0 Å². The summed E-state index contributed by atoms with van der Waals surface area (Å²) < 4.78 is 42.9. The third kappa shape index (κ3) is 4.44. The second kappa shape index (κ2) is 6.99. The van der Waals surface area contributed by atoms with E-state index in [0.717, 1.165) is 12.1 Å². The molecule has 1 saturated heterocycles. The predicted octanol–water partition coefficient (Wildman–Crippen LogP) is 1.57. The zero-order valence-electron chi connectivity index (χ0n) is 12.5. The lowest BCUT2D eigenvalue weighted by atomic mass is 10.1. The molecule has 0 saturated carbocycles. The second-order valence-corrected chi connectivity index (χ2v) is 5.26. The van der Waals surface area contributed by atoms with Crippen molar-refractivity contribution in [2.75, 3.05) is 20.2 Å². The Bertz CT molecular complexity index is 590. The van der Waals surface area contributed by atoms with Gasteiger partial charge in [-0.25, -0.2) is 0 Å². The van der Waals surface area contributed by atoms with Gasteiger partial charge in [-0.1, -0.05) is 18.2 Å². The normalized spacial score (nSPS) is 19.3. The predicted molar refractivity (Wildman–Crippen MR) is 75.3 cm³/mol. The summed E-state index contributed by atoms with van der Waals surface area (Å²) in [5.41, 5.74) is -0.301. The molecule has 1 aliphatic rings. The van der Waals surface area contributed by atoms with Crippen LogP contribution in [0.4, 0.5) is 13.2 Å². The number of esters is 1. The minimum Gasteiger partial charge on any atom is -0.469 e. The summed E-state index contributed by atoms with van der Waals surface area (Å²) >= 11 is 0. The van der Waals surface area contributed by atoms with Gasteiger partial charge < -0.3 is 10.1 Å². The van der Waals surface area contributed by atoms with Gasteiger partial charge in [-0.2, -0.15) is 13.2 Å². The van der Waals surface area contributed by atoms with Crippen molar-refractivity contribution in [2.24, 2.45) is 0 Å². The van der Waals surface area contributed by atoms with Crippen LogP contribution >= 0.6 is 0 Å². The summed E-state index contributed by atoms with van der Waals surface area (Å²) in [6.07, 6.45) is -4.55. The van der Waals surface area contributed by atoms with Gasteiger partial charge in [0.1, 0.15) is 6.04 Å². The standard InChI is InChI=1S/C15H17F3N2O3/c1-23-13(21)8-12-14(22)19-5-6-20(12)9-10-3-2-4-11(7-10)15(16,17)18/h2-4,7,12H,5-6,8-9H2,1H3,(H,19,22)/t12-/m0/s1. The fraction of sp³-hybridized carbons (Fsp3) is 0.467. The Balaban J connectivity index is 2.16. The molecule has 0 unspecified atom stereocenters. The van der Waals surface area contributed by atoms with Gasteiger partial charge in [0.25, 0.3) is 0 Å². The van der Waals surface area contributed by atoms with Crippen LogP contribution in [0.1, 0.15) is 17.5 Å². The van der Waals surface area contributed by atoms with Gasteiger partial charge in [-0.05, 0) is 11.6 Å². The molecule has 2 rings (SSSR count). The lowest BCUT2D eigenvalue weighted by molar-refractivity contribution is -0.146. The smallest absolute Gasteiger partial charge is 0.416 e. The second-order valence-electron chi connectivity index (χ2n) is 5.26. The lowest BCUT2D eigenvalue weighted by Gasteiger charge is -2.34. The van der Waals surface area contributed by atoms with Crippen LogP contribution in [-0.4, -0.2) is 43.0 Å². The van der Waals surface area contributed by atoms with Gasteiger partial charge in [0.05, 0.1) is 19.1 Å². The molecule has 1 fully saturated rings. The SMILES string of the molecule is COC(=O)C[C@H]1C(=O)NCCN1Cc1cccc(C(F)(F)F)c1. The minimum atomic E-state index is -4.42. The van der Waals surface area contributed by atoms with Crippen LogP contribution in [0.15, 0.2) is 24.3 Å². The summed E-state index contributed by atoms with van der Waals surface area (Å²) in [5.74, 6) is -0.866. The Morgan fingerprint density at radius 2 is 2.17 bits per heavy atom. The van der Waals surface area contributed by atoms with Crippen molar-refractivity contribution in [2.45, 2.75) is 25.2 Å². The highest BCUT2D eigenvalue weighted by Crippen LogP contribution is 2.30. The van der Waals surface area contributed by atoms with E-state index in [0.29, 0.717) is 18.7 Å². The molecule has 0 radical (unpaired) electrons. The number of methoxy groups -OCH3 is 1. The number of nitrogens with one attached hydrogen (secondary N) is 1. The first-order valence-corrected chi connectivity index (χ1v) is 7.06. The number of alkyl halides is 3. The molecule has 1 amide bonds. The molecule has 1 aromatic rings. The van der Waals surface area contributed by atoms with E-state index in [9.17, 15) is 22.8 Å². The first-order valence-electron chi connectivity index (χ1n) is 7.06. The lowest BCUT2D eigenvalue weighted by Crippen LogP contribution is -2.55. The monoisotopic (exact) mass is 330 g/mol. The molecule has 0 aromatic heterocycles. The first-order chi connectivity index (χ1) is 10.8. The highest BCUT2D eigenvalue weighted by atomic mass is 19.4. The summed E-state index contributed by atoms with van der Waals surface area (Å²) in [6, 6.07) is 4.21. The van der Waals surface area contributed by atoms with Gasteiger partial charge in [0.2, 0.25) is 5.91 Å². The number of hydrogen-bond donors (Lipinski definition) is 1. The van der Waals surface area contributed by atoms with E-state index in [-0.39, 0.29) is 18.9 Å². The molecule has 5 nitrogen and oxygen atoms in total. The quantitative estimate of drug-likeness (QED) is 0.852. The van der Waals surface area contributed by atoms with Crippen LogP contribution in [0.3, 0.4) is 0 Å². The van der Waals surface area contributed by atoms with Gasteiger partial charge in [-0.3, -0.25) is 14.5 Å². The third-order valence-corrected chi connectivity index (χ3v) is 3.67. The van der Waals surface area contributed by atoms with E-state index in [1.807, 2.05) is 0 Å². The number of piperazine rings is 1. The highest BCUT2D eigenvalue weighted by Gasteiger charge is 2.33. The van der Waals surface area contributed by atoms with Gasteiger partial charge in [-0.15, -0.1) is 0 Å². The first kappa shape index (κ1) is 17.3. The third-order valence-electron chi connectivity index (χ3n) is 3.67. The minimum absolute atomic E-state index is 0.138. The van der Waals surface area contributed by atoms with Crippen LogP contribution in [0.5, 0.6) is 0 Å². The van der Waals surface area contributed by atoms with Crippen LogP contribution in [0.2, 0.25) is 0 Å². The molecular weight excluding hydrogens is 313 g/mol. The number of carbonyl (C=O) groups excluding carboxylic acids is 2. The van der Waals surface area contributed by atoms with Gasteiger partial charge in [0, 0.05) is 19.6 Å². The van der Waals surface area contributed by atoms with Crippen LogP contribution < -0.4 is 5.32 Å². The molecule has 1 atom stereocenters. The Morgan fingerprint density at radius 1 is 1.43 bits per heavy atom. The van der Waals surface area contributed by atoms with Gasteiger partial charge >= 0.3 is 12.1 Å². The Labute approximate surface area is 131 Å². The number of rotatable bonds is 4. The Kier molecular flexibility index (Phi) is 5.25. The summed E-state index contributed by atoms with van der Waals surface area (Å²) in [5, 5.41) is 2.64. The van der Waals surface area contributed by atoms with Crippen LogP contribution in [0, 0.1) is 0 Å². The molecular formula is C15H17F3N2O3. The number of ether oxygens (including phenoxy) is 1. The van der Waals surface area contributed by atoms with E-state index in [2.05, 4.69) is 10.1 Å². The molecule has 0 aliphatic carbocycles. The number of amides is 1. The maximum atomic E-state index is 12.8. The van der Waals surface area contributed by atoms with Crippen LogP contribution in [0.25, 0.3) is 0 Å². The van der Waals surface area contributed by atoms with E-state index < -0.39 is 23.8 Å². The molecule has 0 bridgehead atoms. The molecule has 1 N–H and O–H groups in total. The number of halogens is 3. The largest absolute Gasteiger partial charge is 0.469 e. The molecule has 126 valence electrons. The average Bonchev–Trinajstić information content (AvgIpc) is 2.50. The van der Waals surface area contributed by atoms with E-state index in [1.54, 1.807) is 11.0 Å². The van der Waals surface area contributed by atoms with Crippen molar-refractivity contribution >= 4 is 11.9 Å². The molecule has 0 spiro atoms. The van der Waals surface area contributed by atoms with Gasteiger partial charge in [0.15, 0.2) is 0 Å². The Hall–Kier alpha value is -2.09. The maximum absolute atomic E-state index is 12.8. The average molecular weight is 330 g/mol. The van der Waals surface area contributed by atoms with Crippen molar-refractivity contribution in [1.82, 2.24) is 10.2 Å². The van der Waals surface area contributed by atoms with Crippen molar-refractivity contribution in [3.63, 3.8) is 0 Å². The van der Waals surface area contributed by atoms with E-state index >= 15 is 0 Å². The fourth-order valence-corrected chi connectivity index (χ4v) is 2.49. The van der Waals surface area contributed by atoms with E-state index in [4.69, 9.17) is 0 Å². The van der Waals surface area contributed by atoms with Crippen molar-refractivity contribution < 1.29 is 27.5 Å². The van der Waals surface area contributed by atoms with Crippen molar-refractivity contribution in [3.8, 4) is 0 Å². The summed E-state index contributed by atoms with van der Waals surface area (Å²) in [7, 11) is 1.22. The molecule has 1 aromatic carbocycles. The highest BCUT2D eigenvalue weighted by molar-refractivity contribution is 5.87. The molecule has 1 aliphatic heterocycles. The number of carbonyl (C=O) groups is 2.